The van der Waals surface area contributed by atoms with Crippen molar-refractivity contribution in [3.63, 3.8) is 0 Å². The van der Waals surface area contributed by atoms with Gasteiger partial charge in [-0.25, -0.2) is 4.90 Å². The minimum absolute atomic E-state index is 0.0924. The van der Waals surface area contributed by atoms with E-state index in [-0.39, 0.29) is 6.42 Å². The number of amides is 3. The molecule has 1 saturated heterocycles. The predicted molar refractivity (Wildman–Crippen MR) is 108 cm³/mol. The smallest absolute Gasteiger partial charge is 0.268 e. The van der Waals surface area contributed by atoms with E-state index in [2.05, 4.69) is 6.92 Å². The number of hydrogen-bond donors (Lipinski definition) is 2. The molecule has 0 radical (unpaired) electrons. The van der Waals surface area contributed by atoms with Crippen LogP contribution in [0, 0.1) is 0 Å². The average molecular weight is 398 g/mol. The number of imide groups is 3. The SMILES string of the molecule is CCCCCCCCCCCCCCCCCC(=O)N1C(=O)C(O)C(O)C1=O. The van der Waals surface area contributed by atoms with Crippen LogP contribution in [0.5, 0.6) is 0 Å². The summed E-state index contributed by atoms with van der Waals surface area (Å²) in [4.78, 5) is 35.6. The fraction of sp³-hybridized carbons (Fsp3) is 0.864. The van der Waals surface area contributed by atoms with Crippen molar-refractivity contribution in [2.24, 2.45) is 0 Å². The van der Waals surface area contributed by atoms with Crippen LogP contribution in [0.15, 0.2) is 0 Å². The Kier molecular flexibility index (Phi) is 13.0. The summed E-state index contributed by atoms with van der Waals surface area (Å²) >= 11 is 0. The van der Waals surface area contributed by atoms with Gasteiger partial charge in [-0.05, 0) is 6.42 Å². The topological polar surface area (TPSA) is 94.9 Å². The molecule has 0 aromatic heterocycles. The van der Waals surface area contributed by atoms with E-state index in [1.165, 1.54) is 70.6 Å². The number of rotatable bonds is 16. The van der Waals surface area contributed by atoms with Crippen LogP contribution in [-0.4, -0.2) is 45.0 Å². The standard InChI is InChI=1S/C22H39NO5/c1-2-3-4-5-6-7-8-9-10-11-12-13-14-15-16-17-18(24)23-21(27)19(25)20(26)22(23)28/h19-20,25-26H,2-17H2,1H3. The highest BCUT2D eigenvalue weighted by atomic mass is 16.4. The first kappa shape index (κ1) is 24.8. The van der Waals surface area contributed by atoms with E-state index < -0.39 is 29.9 Å². The molecular weight excluding hydrogens is 358 g/mol. The van der Waals surface area contributed by atoms with Crippen LogP contribution in [0.4, 0.5) is 0 Å². The van der Waals surface area contributed by atoms with Crippen molar-refractivity contribution in [2.75, 3.05) is 0 Å². The largest absolute Gasteiger partial charge is 0.380 e. The fourth-order valence-electron chi connectivity index (χ4n) is 3.65. The Labute approximate surface area is 169 Å². The van der Waals surface area contributed by atoms with Gasteiger partial charge < -0.3 is 10.2 Å². The fourth-order valence-corrected chi connectivity index (χ4v) is 3.65. The van der Waals surface area contributed by atoms with Crippen molar-refractivity contribution in [1.29, 1.82) is 0 Å². The Morgan fingerprint density at radius 3 is 1.36 bits per heavy atom. The van der Waals surface area contributed by atoms with Crippen LogP contribution in [0.1, 0.15) is 110 Å². The molecule has 28 heavy (non-hydrogen) atoms. The molecule has 1 heterocycles. The van der Waals surface area contributed by atoms with Crippen molar-refractivity contribution in [1.82, 2.24) is 4.90 Å². The molecule has 0 aliphatic carbocycles. The number of likely N-dealkylation sites (tertiary alicyclic amines) is 1. The summed E-state index contributed by atoms with van der Waals surface area (Å²) in [5.74, 6) is -2.65. The number of carbonyl (C=O) groups excluding carboxylic acids is 3. The van der Waals surface area contributed by atoms with Gasteiger partial charge in [0.15, 0.2) is 12.2 Å². The monoisotopic (exact) mass is 397 g/mol. The van der Waals surface area contributed by atoms with Gasteiger partial charge in [0.25, 0.3) is 11.8 Å². The third kappa shape index (κ3) is 8.82. The second-order valence-electron chi connectivity index (χ2n) is 8.00. The van der Waals surface area contributed by atoms with Crippen LogP contribution in [0.3, 0.4) is 0 Å². The quantitative estimate of drug-likeness (QED) is 0.304. The first-order valence-corrected chi connectivity index (χ1v) is 11.3. The Morgan fingerprint density at radius 2 is 1.00 bits per heavy atom. The lowest BCUT2D eigenvalue weighted by atomic mass is 10.0. The molecule has 2 N–H and O–H groups in total. The molecule has 0 spiro atoms. The van der Waals surface area contributed by atoms with Gasteiger partial charge in [-0.2, -0.15) is 0 Å². The first-order valence-electron chi connectivity index (χ1n) is 11.3. The second kappa shape index (κ2) is 14.7. The zero-order valence-corrected chi connectivity index (χ0v) is 17.5. The number of aliphatic hydroxyl groups excluding tert-OH is 2. The Bertz CT molecular complexity index is 460. The summed E-state index contributed by atoms with van der Waals surface area (Å²) < 4.78 is 0. The number of hydrogen-bond acceptors (Lipinski definition) is 5. The molecule has 0 saturated carbocycles. The van der Waals surface area contributed by atoms with Gasteiger partial charge in [-0.3, -0.25) is 14.4 Å². The van der Waals surface area contributed by atoms with E-state index in [1.54, 1.807) is 0 Å². The van der Waals surface area contributed by atoms with Crippen LogP contribution in [-0.2, 0) is 14.4 Å². The number of unbranched alkanes of at least 4 members (excludes halogenated alkanes) is 14. The molecule has 0 bridgehead atoms. The molecule has 3 amide bonds. The lowest BCUT2D eigenvalue weighted by molar-refractivity contribution is -0.151. The third-order valence-corrected chi connectivity index (χ3v) is 5.49. The van der Waals surface area contributed by atoms with Crippen molar-refractivity contribution in [3.05, 3.63) is 0 Å². The summed E-state index contributed by atoms with van der Waals surface area (Å²) in [5, 5.41) is 18.7. The van der Waals surface area contributed by atoms with Gasteiger partial charge in [-0.15, -0.1) is 0 Å². The molecule has 2 atom stereocenters. The van der Waals surface area contributed by atoms with Crippen molar-refractivity contribution >= 4 is 17.7 Å². The van der Waals surface area contributed by atoms with E-state index in [0.29, 0.717) is 11.3 Å². The lowest BCUT2D eigenvalue weighted by Gasteiger charge is -2.11. The minimum Gasteiger partial charge on any atom is -0.380 e. The molecule has 6 heteroatoms. The van der Waals surface area contributed by atoms with Crippen LogP contribution in [0.2, 0.25) is 0 Å². The minimum atomic E-state index is -1.81. The molecule has 1 aliphatic rings. The van der Waals surface area contributed by atoms with Gasteiger partial charge in [0.1, 0.15) is 0 Å². The maximum Gasteiger partial charge on any atom is 0.268 e. The zero-order chi connectivity index (χ0) is 20.8. The average Bonchev–Trinajstić information content (AvgIpc) is 2.87. The van der Waals surface area contributed by atoms with Crippen molar-refractivity contribution < 1.29 is 24.6 Å². The summed E-state index contributed by atoms with van der Waals surface area (Å²) in [7, 11) is 0. The summed E-state index contributed by atoms with van der Waals surface area (Å²) in [6.07, 6.45) is 14.8. The van der Waals surface area contributed by atoms with Crippen LogP contribution < -0.4 is 0 Å². The van der Waals surface area contributed by atoms with Crippen LogP contribution >= 0.6 is 0 Å². The maximum atomic E-state index is 12.0. The van der Waals surface area contributed by atoms with Gasteiger partial charge in [0.2, 0.25) is 5.91 Å². The molecule has 1 rings (SSSR count). The zero-order valence-electron chi connectivity index (χ0n) is 17.5. The highest BCUT2D eigenvalue weighted by Gasteiger charge is 2.48. The number of aliphatic hydroxyl groups is 2. The molecule has 162 valence electrons. The Balaban J connectivity index is 1.91. The maximum absolute atomic E-state index is 12.0. The Morgan fingerprint density at radius 1 is 0.679 bits per heavy atom. The lowest BCUT2D eigenvalue weighted by Crippen LogP contribution is -2.37. The predicted octanol–water partition coefficient (Wildman–Crippen LogP) is 3.87. The van der Waals surface area contributed by atoms with Gasteiger partial charge in [0, 0.05) is 6.42 Å². The summed E-state index contributed by atoms with van der Waals surface area (Å²) in [5.41, 5.74) is 0. The van der Waals surface area contributed by atoms with Gasteiger partial charge in [-0.1, -0.05) is 96.8 Å². The van der Waals surface area contributed by atoms with Crippen LogP contribution in [0.25, 0.3) is 0 Å². The second-order valence-corrected chi connectivity index (χ2v) is 8.00. The highest BCUT2D eigenvalue weighted by Crippen LogP contribution is 2.17. The molecule has 0 aromatic rings. The molecular formula is C22H39NO5. The molecule has 6 nitrogen and oxygen atoms in total. The summed E-state index contributed by atoms with van der Waals surface area (Å²) in [6.45, 7) is 2.25. The number of nitrogens with zero attached hydrogens (tertiary/aromatic N) is 1. The third-order valence-electron chi connectivity index (χ3n) is 5.49. The van der Waals surface area contributed by atoms with E-state index in [4.69, 9.17) is 0 Å². The van der Waals surface area contributed by atoms with Gasteiger partial charge >= 0.3 is 0 Å². The Hall–Kier alpha value is -1.27. The molecule has 2 unspecified atom stereocenters. The normalized spacial score (nSPS) is 19.6. The van der Waals surface area contributed by atoms with E-state index in [9.17, 15) is 24.6 Å². The number of carbonyl (C=O) groups is 3. The highest BCUT2D eigenvalue weighted by molar-refractivity contribution is 6.18. The van der Waals surface area contributed by atoms with E-state index in [1.807, 2.05) is 0 Å². The molecule has 1 fully saturated rings. The summed E-state index contributed by atoms with van der Waals surface area (Å²) in [6, 6.07) is 0. The van der Waals surface area contributed by atoms with Gasteiger partial charge in [0.05, 0.1) is 0 Å². The molecule has 0 aromatic carbocycles. The first-order chi connectivity index (χ1) is 13.5. The van der Waals surface area contributed by atoms with Crippen molar-refractivity contribution in [3.8, 4) is 0 Å². The van der Waals surface area contributed by atoms with Crippen molar-refractivity contribution in [2.45, 2.75) is 122 Å². The van der Waals surface area contributed by atoms with E-state index >= 15 is 0 Å². The molecule has 1 aliphatic heterocycles. The van der Waals surface area contributed by atoms with E-state index in [0.717, 1.165) is 19.3 Å².